The van der Waals surface area contributed by atoms with E-state index in [1.54, 1.807) is 0 Å². The molecule has 0 bridgehead atoms. The Morgan fingerprint density at radius 1 is 1.44 bits per heavy atom. The second kappa shape index (κ2) is 1.43. The molecule has 0 aromatic carbocycles. The van der Waals surface area contributed by atoms with Crippen molar-refractivity contribution in [2.75, 3.05) is 0 Å². The van der Waals surface area contributed by atoms with Gasteiger partial charge in [0.15, 0.2) is 5.25 Å². The lowest BCUT2D eigenvalue weighted by molar-refractivity contribution is 0.120. The summed E-state index contributed by atoms with van der Waals surface area (Å²) in [5.74, 6) is -3.25. The lowest BCUT2D eigenvalue weighted by atomic mass is 10.8. The lowest BCUT2D eigenvalue weighted by Crippen LogP contribution is -2.10. The van der Waals surface area contributed by atoms with Crippen molar-refractivity contribution in [1.29, 1.82) is 0 Å². The van der Waals surface area contributed by atoms with E-state index in [0.29, 0.717) is 0 Å². The maximum Gasteiger partial charge on any atom is 0.303 e. The van der Waals surface area contributed by atoms with Crippen LogP contribution in [0.15, 0.2) is 0 Å². The molecular weight excluding hydrogens is 154 g/mol. The third-order valence-corrected chi connectivity index (χ3v) is 2.33. The molecule has 0 N–H and O–H groups in total. The zero-order chi connectivity index (χ0) is 7.28. The van der Waals surface area contributed by atoms with Crippen LogP contribution < -0.4 is 0 Å². The van der Waals surface area contributed by atoms with Gasteiger partial charge in [0.2, 0.25) is 0 Å². The van der Waals surface area contributed by atoms with E-state index in [1.165, 1.54) is 0 Å². The molecule has 53 valence electrons. The van der Waals surface area contributed by atoms with Crippen LogP contribution in [0.5, 0.6) is 0 Å². The first-order valence-corrected chi connectivity index (χ1v) is 3.64. The van der Waals surface area contributed by atoms with Crippen molar-refractivity contribution in [1.82, 2.24) is 0 Å². The number of hydrogen-bond donors (Lipinski definition) is 0. The van der Waals surface area contributed by atoms with E-state index in [4.69, 9.17) is 0 Å². The molecule has 1 unspecified atom stereocenters. The number of alkyl halides is 2. The van der Waals surface area contributed by atoms with Crippen molar-refractivity contribution in [2.45, 2.75) is 17.6 Å². The van der Waals surface area contributed by atoms with Gasteiger partial charge in [0.1, 0.15) is 0 Å². The van der Waals surface area contributed by atoms with Crippen LogP contribution in [0.1, 0.15) is 6.42 Å². The van der Waals surface area contributed by atoms with Gasteiger partial charge in [0.25, 0.3) is 5.92 Å². The van der Waals surface area contributed by atoms with Crippen LogP contribution in [0.4, 0.5) is 8.78 Å². The van der Waals surface area contributed by atoms with E-state index in [2.05, 4.69) is 0 Å². The summed E-state index contributed by atoms with van der Waals surface area (Å²) in [6.07, 6.45) is -0.807. The fourth-order valence-corrected chi connectivity index (χ4v) is 1.35. The normalized spacial score (nSPS) is 32.1. The van der Waals surface area contributed by atoms with Gasteiger partial charge in [-0.15, -0.1) is 0 Å². The highest BCUT2D eigenvalue weighted by Gasteiger charge is 2.65. The van der Waals surface area contributed by atoms with Crippen molar-refractivity contribution in [2.24, 2.45) is 0 Å². The third kappa shape index (κ3) is 1.19. The summed E-state index contributed by atoms with van der Waals surface area (Å²) in [5, 5.41) is -1.95. The van der Waals surface area contributed by atoms with E-state index in [9.17, 15) is 21.8 Å². The predicted octanol–water partition coefficient (Wildman–Crippen LogP) is 0.154. The quantitative estimate of drug-likeness (QED) is 0.544. The zero-order valence-electron chi connectivity index (χ0n) is 4.17. The summed E-state index contributed by atoms with van der Waals surface area (Å²) in [7, 11) is -4.74. The molecule has 0 aromatic rings. The Morgan fingerprint density at radius 3 is 1.78 bits per heavy atom. The monoisotopic (exact) mass is 157 g/mol. The molecule has 0 spiro atoms. The van der Waals surface area contributed by atoms with Crippen LogP contribution >= 0.6 is 0 Å². The highest BCUT2D eigenvalue weighted by atomic mass is 32.2. The molecule has 3 nitrogen and oxygen atoms in total. The van der Waals surface area contributed by atoms with Crippen molar-refractivity contribution in [3.63, 3.8) is 0 Å². The average Bonchev–Trinajstić information content (AvgIpc) is 2.10. The van der Waals surface area contributed by atoms with Crippen molar-refractivity contribution >= 4 is 10.1 Å². The SMILES string of the molecule is [O]S(=O)(=O)C1CC1(F)F. The molecule has 1 rings (SSSR count). The average molecular weight is 157 g/mol. The third-order valence-electron chi connectivity index (χ3n) is 1.12. The first kappa shape index (κ1) is 6.88. The molecule has 0 saturated heterocycles. The maximum atomic E-state index is 11.7. The maximum absolute atomic E-state index is 11.7. The van der Waals surface area contributed by atoms with Gasteiger partial charge in [0, 0.05) is 6.42 Å². The highest BCUT2D eigenvalue weighted by molar-refractivity contribution is 7.86. The number of halogens is 2. The summed E-state index contributed by atoms with van der Waals surface area (Å²) < 4.78 is 52.7. The van der Waals surface area contributed by atoms with Crippen LogP contribution in [-0.2, 0) is 14.7 Å². The fourth-order valence-electron chi connectivity index (χ4n) is 0.501. The molecule has 0 amide bonds. The minimum absolute atomic E-state index is 0.807. The number of rotatable bonds is 1. The van der Waals surface area contributed by atoms with Gasteiger partial charge < -0.3 is 0 Å². The summed E-state index contributed by atoms with van der Waals surface area (Å²) >= 11 is 0. The molecule has 1 aliphatic carbocycles. The van der Waals surface area contributed by atoms with Crippen molar-refractivity contribution in [3.05, 3.63) is 0 Å². The summed E-state index contributed by atoms with van der Waals surface area (Å²) in [6.45, 7) is 0. The standard InChI is InChI=1S/C3H3F2O3S/c4-3(5)1-2(3)9(6,7)8/h2H,1H2. The van der Waals surface area contributed by atoms with E-state index in [-0.39, 0.29) is 0 Å². The second-order valence-corrected chi connectivity index (χ2v) is 3.50. The van der Waals surface area contributed by atoms with Crippen LogP contribution in [0.2, 0.25) is 0 Å². The van der Waals surface area contributed by atoms with Crippen molar-refractivity contribution in [3.8, 4) is 0 Å². The van der Waals surface area contributed by atoms with E-state index < -0.39 is 27.7 Å². The fraction of sp³-hybridized carbons (Fsp3) is 1.00. The van der Waals surface area contributed by atoms with Crippen LogP contribution in [-0.4, -0.2) is 19.6 Å². The Hall–Kier alpha value is -0.230. The molecule has 1 aliphatic rings. The highest BCUT2D eigenvalue weighted by Crippen LogP contribution is 2.46. The molecule has 1 atom stereocenters. The molecule has 9 heavy (non-hydrogen) atoms. The molecule has 1 fully saturated rings. The topological polar surface area (TPSA) is 54.0 Å². The summed E-state index contributed by atoms with van der Waals surface area (Å²) in [4.78, 5) is 0. The largest absolute Gasteiger partial charge is 0.303 e. The van der Waals surface area contributed by atoms with E-state index >= 15 is 0 Å². The lowest BCUT2D eigenvalue weighted by Gasteiger charge is -1.87. The van der Waals surface area contributed by atoms with Gasteiger partial charge in [-0.25, -0.2) is 8.78 Å². The van der Waals surface area contributed by atoms with Gasteiger partial charge in [0.05, 0.1) is 0 Å². The Labute approximate surface area is 50.4 Å². The summed E-state index contributed by atoms with van der Waals surface area (Å²) in [6, 6.07) is 0. The van der Waals surface area contributed by atoms with E-state index in [0.717, 1.165) is 0 Å². The van der Waals surface area contributed by atoms with Gasteiger partial charge in [-0.3, -0.25) is 0 Å². The molecule has 0 aliphatic heterocycles. The molecule has 1 radical (unpaired) electrons. The van der Waals surface area contributed by atoms with E-state index in [1.807, 2.05) is 0 Å². The Bertz CT molecular complexity index is 219. The second-order valence-electron chi connectivity index (χ2n) is 1.95. The van der Waals surface area contributed by atoms with Crippen LogP contribution in [0, 0.1) is 0 Å². The smallest absolute Gasteiger partial charge is 0.205 e. The number of hydrogen-bond acceptors (Lipinski definition) is 2. The molecule has 0 aromatic heterocycles. The predicted molar refractivity (Wildman–Crippen MR) is 23.0 cm³/mol. The van der Waals surface area contributed by atoms with Crippen molar-refractivity contribution < 1.29 is 21.8 Å². The molecule has 0 heterocycles. The van der Waals surface area contributed by atoms with Gasteiger partial charge in [-0.05, 0) is 0 Å². The Kier molecular flexibility index (Phi) is 1.10. The van der Waals surface area contributed by atoms with Crippen LogP contribution in [0.3, 0.4) is 0 Å². The molecule has 6 heteroatoms. The first-order chi connectivity index (χ1) is 3.84. The van der Waals surface area contributed by atoms with Crippen LogP contribution in [0.25, 0.3) is 0 Å². The first-order valence-electron chi connectivity index (χ1n) is 2.16. The summed E-state index contributed by atoms with van der Waals surface area (Å²) in [5.41, 5.74) is 0. The molecular formula is C3H3F2O3S. The van der Waals surface area contributed by atoms with Gasteiger partial charge in [-0.2, -0.15) is 8.42 Å². The molecule has 1 saturated carbocycles. The minimum Gasteiger partial charge on any atom is -0.205 e. The Morgan fingerprint density at radius 2 is 1.78 bits per heavy atom. The van der Waals surface area contributed by atoms with Gasteiger partial charge >= 0.3 is 10.1 Å². The zero-order valence-corrected chi connectivity index (χ0v) is 4.99. The van der Waals surface area contributed by atoms with Gasteiger partial charge in [-0.1, -0.05) is 4.55 Å². The Balaban J connectivity index is 2.75. The minimum atomic E-state index is -4.74.